The summed E-state index contributed by atoms with van der Waals surface area (Å²) in [5, 5.41) is 13.1. The molecule has 0 bridgehead atoms. The molecule has 13 nitrogen and oxygen atoms in total. The van der Waals surface area contributed by atoms with Crippen molar-refractivity contribution in [2.24, 2.45) is 10.2 Å². The number of anilines is 1. The zero-order valence-corrected chi connectivity index (χ0v) is 22.6. The van der Waals surface area contributed by atoms with Gasteiger partial charge in [-0.05, 0) is 26.0 Å². The Balaban J connectivity index is 2.26. The van der Waals surface area contributed by atoms with Gasteiger partial charge in [-0.15, -0.1) is 10.2 Å². The predicted molar refractivity (Wildman–Crippen MR) is 139 cm³/mol. The summed E-state index contributed by atoms with van der Waals surface area (Å²) in [7, 11) is 2.95. The second-order valence-electron chi connectivity index (χ2n) is 9.34. The molecule has 0 radical (unpaired) electrons. The highest BCUT2D eigenvalue weighted by Crippen LogP contribution is 2.38. The van der Waals surface area contributed by atoms with Gasteiger partial charge in [-0.2, -0.15) is 5.10 Å². The number of hydrogen-bond donors (Lipinski definition) is 1. The Kier molecular flexibility index (Phi) is 8.29. The Morgan fingerprint density at radius 3 is 2.16 bits per heavy atom. The second-order valence-corrected chi connectivity index (χ2v) is 9.34. The lowest BCUT2D eigenvalue weighted by atomic mass is 9.91. The molecule has 38 heavy (non-hydrogen) atoms. The molecular formula is C25H32N8O5. The lowest BCUT2D eigenvalue weighted by Crippen LogP contribution is -2.30. The Labute approximate surface area is 220 Å². The van der Waals surface area contributed by atoms with Crippen molar-refractivity contribution in [2.75, 3.05) is 33.0 Å². The number of imidazole rings is 1. The summed E-state index contributed by atoms with van der Waals surface area (Å²) in [6.45, 7) is 9.05. The van der Waals surface area contributed by atoms with Crippen LogP contribution in [0.1, 0.15) is 61.3 Å². The molecule has 0 saturated carbocycles. The van der Waals surface area contributed by atoms with Crippen molar-refractivity contribution in [3.05, 3.63) is 47.4 Å². The number of hydrogen-bond acceptors (Lipinski definition) is 10. The number of esters is 2. The van der Waals surface area contributed by atoms with E-state index in [1.54, 1.807) is 18.5 Å². The summed E-state index contributed by atoms with van der Waals surface area (Å²) in [6, 6.07) is 8.57. The summed E-state index contributed by atoms with van der Waals surface area (Å²) < 4.78 is 12.6. The number of aromatic nitrogens is 4. The molecule has 0 fully saturated rings. The number of ether oxygens (including phenoxy) is 2. The number of para-hydroxylation sites is 1. The number of nitrogen functional groups attached to an aromatic ring is 1. The number of azo groups is 1. The largest absolute Gasteiger partial charge is 0.461 e. The standard InChI is InChI=1S/C25H32N8O5/c1-8-37-21(34)16-18(22(35)38-9-2)32(24(36)31(6)7)23(27-16)29-28-17-19(25(3,4)5)30-33(20(17)26)15-13-11-10-12-14-15/h10-14H,8-9,26H2,1-7H3. The fraction of sp³-hybridized carbons (Fsp3) is 0.400. The van der Waals surface area contributed by atoms with Gasteiger partial charge in [0.05, 0.1) is 24.6 Å². The van der Waals surface area contributed by atoms with Crippen LogP contribution in [-0.2, 0) is 14.9 Å². The maximum absolute atomic E-state index is 13.1. The number of amides is 1. The van der Waals surface area contributed by atoms with Gasteiger partial charge < -0.3 is 20.1 Å². The van der Waals surface area contributed by atoms with Crippen LogP contribution in [0, 0.1) is 0 Å². The van der Waals surface area contributed by atoms with E-state index in [-0.39, 0.29) is 30.7 Å². The minimum Gasteiger partial charge on any atom is -0.461 e. The number of carbonyl (C=O) groups is 3. The molecule has 0 aliphatic rings. The first kappa shape index (κ1) is 28.0. The first-order chi connectivity index (χ1) is 17.9. The average molecular weight is 525 g/mol. The smallest absolute Gasteiger partial charge is 0.359 e. The first-order valence-corrected chi connectivity index (χ1v) is 12.0. The van der Waals surface area contributed by atoms with E-state index in [2.05, 4.69) is 20.3 Å². The molecule has 0 aliphatic heterocycles. The Bertz CT molecular complexity index is 1370. The van der Waals surface area contributed by atoms with E-state index < -0.39 is 34.8 Å². The number of nitrogens with two attached hydrogens (primary N) is 1. The van der Waals surface area contributed by atoms with Crippen molar-refractivity contribution in [3.63, 3.8) is 0 Å². The van der Waals surface area contributed by atoms with Crippen molar-refractivity contribution in [1.29, 1.82) is 0 Å². The number of benzene rings is 1. The van der Waals surface area contributed by atoms with Gasteiger partial charge in [0.1, 0.15) is 0 Å². The van der Waals surface area contributed by atoms with Crippen LogP contribution in [0.5, 0.6) is 0 Å². The Morgan fingerprint density at radius 2 is 1.61 bits per heavy atom. The van der Waals surface area contributed by atoms with Crippen LogP contribution in [-0.4, -0.2) is 69.5 Å². The molecule has 2 aromatic heterocycles. The highest BCUT2D eigenvalue weighted by molar-refractivity contribution is 6.04. The summed E-state index contributed by atoms with van der Waals surface area (Å²) in [5.41, 5.74) is 6.64. The Hall–Kier alpha value is -4.55. The quantitative estimate of drug-likeness (QED) is 0.355. The van der Waals surface area contributed by atoms with Gasteiger partial charge in [0.25, 0.3) is 5.95 Å². The topological polar surface area (TPSA) is 159 Å². The van der Waals surface area contributed by atoms with Gasteiger partial charge in [-0.1, -0.05) is 39.0 Å². The van der Waals surface area contributed by atoms with Crippen LogP contribution >= 0.6 is 0 Å². The number of carbonyl (C=O) groups excluding carboxylic acids is 3. The molecule has 3 rings (SSSR count). The fourth-order valence-corrected chi connectivity index (χ4v) is 3.47. The molecule has 0 spiro atoms. The Morgan fingerprint density at radius 1 is 1.00 bits per heavy atom. The van der Waals surface area contributed by atoms with Crippen molar-refractivity contribution in [1.82, 2.24) is 24.2 Å². The number of rotatable bonds is 7. The molecule has 0 saturated heterocycles. The van der Waals surface area contributed by atoms with Gasteiger partial charge in [-0.25, -0.2) is 28.6 Å². The zero-order valence-electron chi connectivity index (χ0n) is 22.6. The van der Waals surface area contributed by atoms with E-state index in [0.717, 1.165) is 10.3 Å². The molecule has 0 unspecified atom stereocenters. The van der Waals surface area contributed by atoms with Gasteiger partial charge >= 0.3 is 18.0 Å². The molecule has 0 aliphatic carbocycles. The van der Waals surface area contributed by atoms with Crippen LogP contribution < -0.4 is 5.73 Å². The first-order valence-electron chi connectivity index (χ1n) is 12.0. The van der Waals surface area contributed by atoms with Crippen LogP contribution in [0.3, 0.4) is 0 Å². The fourth-order valence-electron chi connectivity index (χ4n) is 3.47. The normalized spacial score (nSPS) is 11.6. The maximum Gasteiger partial charge on any atom is 0.359 e. The molecule has 3 aromatic rings. The number of nitrogens with zero attached hydrogens (tertiary/aromatic N) is 7. The van der Waals surface area contributed by atoms with Crippen molar-refractivity contribution in [2.45, 2.75) is 40.0 Å². The molecule has 1 aromatic carbocycles. The molecule has 13 heteroatoms. The lowest BCUT2D eigenvalue weighted by molar-refractivity contribution is 0.0468. The third-order valence-corrected chi connectivity index (χ3v) is 5.22. The van der Waals surface area contributed by atoms with Crippen LogP contribution in [0.15, 0.2) is 40.6 Å². The molecule has 0 atom stereocenters. The minimum atomic E-state index is -0.938. The van der Waals surface area contributed by atoms with Gasteiger partial charge in [0.15, 0.2) is 22.9 Å². The van der Waals surface area contributed by atoms with E-state index in [0.29, 0.717) is 5.69 Å². The van der Waals surface area contributed by atoms with Gasteiger partial charge in [0, 0.05) is 19.5 Å². The second kappa shape index (κ2) is 11.2. The maximum atomic E-state index is 13.1. The summed E-state index contributed by atoms with van der Waals surface area (Å²) >= 11 is 0. The highest BCUT2D eigenvalue weighted by Gasteiger charge is 2.34. The molecule has 1 amide bonds. The summed E-state index contributed by atoms with van der Waals surface area (Å²) in [6.07, 6.45) is 0. The van der Waals surface area contributed by atoms with Crippen molar-refractivity contribution < 1.29 is 23.9 Å². The average Bonchev–Trinajstić information content (AvgIpc) is 3.41. The summed E-state index contributed by atoms with van der Waals surface area (Å²) in [4.78, 5) is 44.0. The van der Waals surface area contributed by atoms with E-state index in [4.69, 9.17) is 15.2 Å². The van der Waals surface area contributed by atoms with Crippen molar-refractivity contribution in [3.8, 4) is 5.69 Å². The SMILES string of the molecule is CCOC(=O)c1nc(N=Nc2c(C(C)(C)C)nn(-c3ccccc3)c2N)n(C(=O)N(C)C)c1C(=O)OCC. The van der Waals surface area contributed by atoms with Gasteiger partial charge in [0.2, 0.25) is 0 Å². The predicted octanol–water partition coefficient (Wildman–Crippen LogP) is 4.25. The highest BCUT2D eigenvalue weighted by atomic mass is 16.5. The third kappa shape index (κ3) is 5.56. The van der Waals surface area contributed by atoms with Crippen molar-refractivity contribution >= 4 is 35.4 Å². The van der Waals surface area contributed by atoms with Crippen LogP contribution in [0.4, 0.5) is 22.2 Å². The van der Waals surface area contributed by atoms with Crippen LogP contribution in [0.2, 0.25) is 0 Å². The summed E-state index contributed by atoms with van der Waals surface area (Å²) in [5.74, 6) is -1.98. The van der Waals surface area contributed by atoms with E-state index >= 15 is 0 Å². The lowest BCUT2D eigenvalue weighted by Gasteiger charge is -2.15. The molecule has 202 valence electrons. The monoisotopic (exact) mass is 524 g/mol. The zero-order chi connectivity index (χ0) is 28.2. The third-order valence-electron chi connectivity index (χ3n) is 5.22. The molecule has 2 heterocycles. The molecule has 2 N–H and O–H groups in total. The van der Waals surface area contributed by atoms with Gasteiger partial charge in [-0.3, -0.25) is 0 Å². The minimum absolute atomic E-state index is 0.00340. The van der Waals surface area contributed by atoms with Crippen LogP contribution in [0.25, 0.3) is 5.69 Å². The van der Waals surface area contributed by atoms with E-state index in [9.17, 15) is 14.4 Å². The molecular weight excluding hydrogens is 492 g/mol. The van der Waals surface area contributed by atoms with E-state index in [1.165, 1.54) is 19.0 Å². The van der Waals surface area contributed by atoms with E-state index in [1.807, 2.05) is 51.1 Å².